The Kier molecular flexibility index (Phi) is 4.35. The molecule has 0 bridgehead atoms. The summed E-state index contributed by atoms with van der Waals surface area (Å²) in [6.07, 6.45) is 5.76. The Hall–Kier alpha value is -1.39. The molecule has 0 amide bonds. The fourth-order valence-corrected chi connectivity index (χ4v) is 5.31. The number of rotatable bonds is 3. The minimum absolute atomic E-state index is 0.00971. The summed E-state index contributed by atoms with van der Waals surface area (Å²) in [4.78, 5) is 17.5. The van der Waals surface area contributed by atoms with Gasteiger partial charge in [0.05, 0.1) is 13.0 Å². The molecule has 0 aliphatic carbocycles. The third kappa shape index (κ3) is 2.76. The van der Waals surface area contributed by atoms with E-state index in [0.29, 0.717) is 6.04 Å². The van der Waals surface area contributed by atoms with Crippen molar-refractivity contribution in [3.05, 3.63) is 35.9 Å². The summed E-state index contributed by atoms with van der Waals surface area (Å²) in [6.45, 7) is 4.47. The zero-order valence-corrected chi connectivity index (χ0v) is 14.6. The van der Waals surface area contributed by atoms with Gasteiger partial charge in [0.2, 0.25) is 0 Å². The van der Waals surface area contributed by atoms with Gasteiger partial charge in [0.15, 0.2) is 0 Å². The number of ether oxygens (including phenoxy) is 1. The molecule has 130 valence electrons. The Morgan fingerprint density at radius 1 is 1.21 bits per heavy atom. The van der Waals surface area contributed by atoms with Gasteiger partial charge in [-0.2, -0.15) is 0 Å². The normalized spacial score (nSPS) is 29.7. The molecule has 3 aliphatic rings. The van der Waals surface area contributed by atoms with Gasteiger partial charge in [0.25, 0.3) is 0 Å². The molecule has 4 heteroatoms. The van der Waals surface area contributed by atoms with E-state index < -0.39 is 0 Å². The van der Waals surface area contributed by atoms with Crippen molar-refractivity contribution < 1.29 is 9.53 Å². The Morgan fingerprint density at radius 3 is 2.67 bits per heavy atom. The zero-order chi connectivity index (χ0) is 16.6. The number of carbonyl (C=O) groups is 1. The molecule has 1 aromatic carbocycles. The molecule has 4 rings (SSSR count). The molecule has 0 radical (unpaired) electrons. The SMILES string of the molecule is COC(=O)[C@@H]1CC2(CCN(Cc3ccccc3)CC2)N2CCC[C@@H]12. The quantitative estimate of drug-likeness (QED) is 0.799. The van der Waals surface area contributed by atoms with Crippen molar-refractivity contribution in [2.45, 2.75) is 50.2 Å². The van der Waals surface area contributed by atoms with Crippen LogP contribution in [0.1, 0.15) is 37.7 Å². The molecule has 0 unspecified atom stereocenters. The summed E-state index contributed by atoms with van der Waals surface area (Å²) in [7, 11) is 1.54. The molecular formula is C20H28N2O2. The van der Waals surface area contributed by atoms with E-state index in [4.69, 9.17) is 4.74 Å². The molecule has 0 N–H and O–H groups in total. The fraction of sp³-hybridized carbons (Fsp3) is 0.650. The number of nitrogens with zero attached hydrogens (tertiary/aromatic N) is 2. The second-order valence-electron chi connectivity index (χ2n) is 7.72. The average Bonchev–Trinajstić information content (AvgIpc) is 3.21. The predicted molar refractivity (Wildman–Crippen MR) is 93.5 cm³/mol. The van der Waals surface area contributed by atoms with Crippen LogP contribution in [0.5, 0.6) is 0 Å². The zero-order valence-electron chi connectivity index (χ0n) is 14.6. The maximum atomic E-state index is 12.2. The van der Waals surface area contributed by atoms with E-state index in [1.54, 1.807) is 0 Å². The molecule has 0 aromatic heterocycles. The lowest BCUT2D eigenvalue weighted by Gasteiger charge is -2.45. The molecular weight excluding hydrogens is 300 g/mol. The fourth-order valence-electron chi connectivity index (χ4n) is 5.31. The monoisotopic (exact) mass is 328 g/mol. The van der Waals surface area contributed by atoms with E-state index >= 15 is 0 Å². The number of piperidine rings is 1. The topological polar surface area (TPSA) is 32.8 Å². The highest BCUT2D eigenvalue weighted by atomic mass is 16.5. The summed E-state index contributed by atoms with van der Waals surface area (Å²) in [5, 5.41) is 0. The third-order valence-corrected chi connectivity index (χ3v) is 6.51. The van der Waals surface area contributed by atoms with Crippen LogP contribution in [0, 0.1) is 5.92 Å². The number of methoxy groups -OCH3 is 1. The number of benzene rings is 1. The van der Waals surface area contributed by atoms with Gasteiger partial charge in [-0.15, -0.1) is 0 Å². The molecule has 24 heavy (non-hydrogen) atoms. The van der Waals surface area contributed by atoms with Crippen molar-refractivity contribution in [1.29, 1.82) is 0 Å². The van der Waals surface area contributed by atoms with Crippen LogP contribution in [0.15, 0.2) is 30.3 Å². The van der Waals surface area contributed by atoms with Gasteiger partial charge < -0.3 is 4.74 Å². The molecule has 3 aliphatic heterocycles. The Balaban J connectivity index is 1.43. The molecule has 1 spiro atoms. The molecule has 0 saturated carbocycles. The van der Waals surface area contributed by atoms with Crippen LogP contribution in [0.25, 0.3) is 0 Å². The highest BCUT2D eigenvalue weighted by Crippen LogP contribution is 2.49. The minimum Gasteiger partial charge on any atom is -0.469 e. The third-order valence-electron chi connectivity index (χ3n) is 6.51. The molecule has 3 fully saturated rings. The smallest absolute Gasteiger partial charge is 0.310 e. The van der Waals surface area contributed by atoms with Gasteiger partial charge in [0.1, 0.15) is 0 Å². The lowest BCUT2D eigenvalue weighted by Crippen LogP contribution is -2.52. The summed E-state index contributed by atoms with van der Waals surface area (Å²) in [6, 6.07) is 11.2. The summed E-state index contributed by atoms with van der Waals surface area (Å²) in [5.41, 5.74) is 1.64. The lowest BCUT2D eigenvalue weighted by molar-refractivity contribution is -0.146. The first kappa shape index (κ1) is 16.1. The minimum atomic E-state index is 0.00971. The van der Waals surface area contributed by atoms with Gasteiger partial charge >= 0.3 is 5.97 Å². The molecule has 4 nitrogen and oxygen atoms in total. The van der Waals surface area contributed by atoms with Gasteiger partial charge in [-0.3, -0.25) is 14.6 Å². The van der Waals surface area contributed by atoms with Crippen LogP contribution in [-0.4, -0.2) is 54.1 Å². The maximum absolute atomic E-state index is 12.2. The number of fused-ring (bicyclic) bond motifs is 2. The summed E-state index contributed by atoms with van der Waals surface area (Å²) in [5.74, 6) is 0.105. The maximum Gasteiger partial charge on any atom is 0.310 e. The van der Waals surface area contributed by atoms with Crippen LogP contribution in [0.2, 0.25) is 0 Å². The standard InChI is InChI=1S/C20H28N2O2/c1-24-19(23)17-14-20(22-11-5-8-18(17)22)9-12-21(13-10-20)15-16-6-3-2-4-7-16/h2-4,6-7,17-18H,5,8-15H2,1H3/t17-,18+/m1/s1. The van der Waals surface area contributed by atoms with Crippen molar-refractivity contribution in [3.63, 3.8) is 0 Å². The largest absolute Gasteiger partial charge is 0.469 e. The number of likely N-dealkylation sites (tertiary alicyclic amines) is 1. The van der Waals surface area contributed by atoms with Crippen molar-refractivity contribution >= 4 is 5.97 Å². The van der Waals surface area contributed by atoms with E-state index in [1.165, 1.54) is 31.9 Å². The van der Waals surface area contributed by atoms with Crippen molar-refractivity contribution in [3.8, 4) is 0 Å². The van der Waals surface area contributed by atoms with E-state index in [1.807, 2.05) is 0 Å². The summed E-state index contributed by atoms with van der Waals surface area (Å²) >= 11 is 0. The van der Waals surface area contributed by atoms with Crippen molar-refractivity contribution in [2.75, 3.05) is 26.7 Å². The first-order chi connectivity index (χ1) is 11.7. The number of hydrogen-bond acceptors (Lipinski definition) is 4. The Morgan fingerprint density at radius 2 is 1.96 bits per heavy atom. The van der Waals surface area contributed by atoms with Gasteiger partial charge in [-0.1, -0.05) is 30.3 Å². The summed E-state index contributed by atoms with van der Waals surface area (Å²) < 4.78 is 5.10. The molecule has 2 atom stereocenters. The lowest BCUT2D eigenvalue weighted by atomic mass is 9.81. The van der Waals surface area contributed by atoms with Crippen LogP contribution in [0.3, 0.4) is 0 Å². The van der Waals surface area contributed by atoms with Crippen LogP contribution in [-0.2, 0) is 16.1 Å². The number of esters is 1. The van der Waals surface area contributed by atoms with Gasteiger partial charge in [0, 0.05) is 31.2 Å². The molecule has 3 heterocycles. The second kappa shape index (κ2) is 6.49. The second-order valence-corrected chi connectivity index (χ2v) is 7.72. The van der Waals surface area contributed by atoms with Crippen LogP contribution < -0.4 is 0 Å². The van der Waals surface area contributed by atoms with Crippen LogP contribution in [0.4, 0.5) is 0 Å². The molecule has 3 saturated heterocycles. The van der Waals surface area contributed by atoms with Gasteiger partial charge in [-0.05, 0) is 44.2 Å². The van der Waals surface area contributed by atoms with E-state index in [9.17, 15) is 4.79 Å². The van der Waals surface area contributed by atoms with Crippen molar-refractivity contribution in [1.82, 2.24) is 9.80 Å². The first-order valence-corrected chi connectivity index (χ1v) is 9.33. The van der Waals surface area contributed by atoms with E-state index in [-0.39, 0.29) is 17.4 Å². The predicted octanol–water partition coefficient (Wildman–Crippen LogP) is 2.68. The van der Waals surface area contributed by atoms with Crippen molar-refractivity contribution in [2.24, 2.45) is 5.92 Å². The Bertz CT molecular complexity index is 581. The highest BCUT2D eigenvalue weighted by molar-refractivity contribution is 5.74. The number of carbonyl (C=O) groups excluding carboxylic acids is 1. The highest BCUT2D eigenvalue weighted by Gasteiger charge is 2.56. The Labute approximate surface area is 144 Å². The number of hydrogen-bond donors (Lipinski definition) is 0. The average molecular weight is 328 g/mol. The van der Waals surface area contributed by atoms with Crippen LogP contribution >= 0.6 is 0 Å². The molecule has 1 aromatic rings. The van der Waals surface area contributed by atoms with Gasteiger partial charge in [-0.25, -0.2) is 0 Å². The van der Waals surface area contributed by atoms with E-state index in [2.05, 4.69) is 40.1 Å². The first-order valence-electron chi connectivity index (χ1n) is 9.33. The van der Waals surface area contributed by atoms with E-state index in [0.717, 1.165) is 39.0 Å².